The zero-order chi connectivity index (χ0) is 24.8. The number of aliphatic hydroxyl groups excluding tert-OH is 2. The summed E-state index contributed by atoms with van der Waals surface area (Å²) in [6.07, 6.45) is -4.87. The van der Waals surface area contributed by atoms with Gasteiger partial charge in [-0.15, -0.1) is 0 Å². The third kappa shape index (κ3) is 6.01. The molecule has 21 heteroatoms. The summed E-state index contributed by atoms with van der Waals surface area (Å²) >= 11 is 0. The van der Waals surface area contributed by atoms with E-state index in [0.717, 1.165) is 13.4 Å². The molecule has 3 rings (SSSR count). The van der Waals surface area contributed by atoms with E-state index in [1.807, 2.05) is 0 Å². The van der Waals surface area contributed by atoms with E-state index in [9.17, 15) is 33.6 Å². The van der Waals surface area contributed by atoms with Gasteiger partial charge in [-0.3, -0.25) is 18.4 Å². The lowest BCUT2D eigenvalue weighted by Crippen LogP contribution is -2.33. The van der Waals surface area contributed by atoms with Gasteiger partial charge in [0.15, 0.2) is 17.4 Å². The van der Waals surface area contributed by atoms with E-state index < -0.39 is 60.2 Å². The number of aromatic nitrogens is 4. The maximum absolute atomic E-state index is 12.4. The largest absolute Gasteiger partial charge is 0.490 e. The van der Waals surface area contributed by atoms with Crippen molar-refractivity contribution in [1.82, 2.24) is 19.5 Å². The monoisotopic (exact) mass is 536 g/mol. The molecule has 0 bridgehead atoms. The van der Waals surface area contributed by atoms with Crippen LogP contribution in [0.5, 0.6) is 0 Å². The zero-order valence-corrected chi connectivity index (χ0v) is 19.4. The SMILES string of the molecule is COP(=O)(OC[C@H]1O[C@@H](n2cnc3c(=O)[nH]c(C)nc32)C(O)[C@H]1O)OP(=O)(O)OP(=O)(O)O. The van der Waals surface area contributed by atoms with Crippen molar-refractivity contribution in [3.05, 3.63) is 22.5 Å². The summed E-state index contributed by atoms with van der Waals surface area (Å²) in [6, 6.07) is 0. The average molecular weight is 536 g/mol. The standard InChI is InChI=1S/C12H19N4O14P3/c1-5-14-10-7(11(19)15-5)13-4-16(10)12-9(18)8(17)6(28-12)3-27-33(25,26-2)30-32(23,24)29-31(20,21)22/h4,6,8-9,12,17-18H,3H2,1-2H3,(H,23,24)(H,14,15,19)(H2,20,21,22)/t6-,8+,9?,12-,33?/m1/s1. The number of hydrogen-bond donors (Lipinski definition) is 6. The number of phosphoric ester groups is 1. The van der Waals surface area contributed by atoms with Gasteiger partial charge in [0.2, 0.25) is 0 Å². The highest BCUT2D eigenvalue weighted by atomic mass is 31.3. The summed E-state index contributed by atoms with van der Waals surface area (Å²) in [5.74, 6) is 0.242. The first-order valence-electron chi connectivity index (χ1n) is 8.71. The quantitative estimate of drug-likeness (QED) is 0.211. The summed E-state index contributed by atoms with van der Waals surface area (Å²) in [4.78, 5) is 49.0. The van der Waals surface area contributed by atoms with Crippen LogP contribution in [0.4, 0.5) is 0 Å². The van der Waals surface area contributed by atoms with Gasteiger partial charge in [-0.2, -0.15) is 8.62 Å². The van der Waals surface area contributed by atoms with Crippen LogP contribution in [0.1, 0.15) is 12.1 Å². The average Bonchev–Trinajstić information content (AvgIpc) is 3.20. The fourth-order valence-corrected chi connectivity index (χ4v) is 6.23. The van der Waals surface area contributed by atoms with Gasteiger partial charge in [0.05, 0.1) is 12.9 Å². The molecule has 1 fully saturated rings. The van der Waals surface area contributed by atoms with Crippen LogP contribution < -0.4 is 5.56 Å². The third-order valence-electron chi connectivity index (χ3n) is 4.20. The number of nitrogens with one attached hydrogen (secondary N) is 1. The van der Waals surface area contributed by atoms with Gasteiger partial charge < -0.3 is 34.6 Å². The molecule has 1 saturated heterocycles. The highest BCUT2D eigenvalue weighted by Gasteiger charge is 2.47. The van der Waals surface area contributed by atoms with Gasteiger partial charge >= 0.3 is 23.5 Å². The zero-order valence-electron chi connectivity index (χ0n) is 16.7. The molecule has 18 nitrogen and oxygen atoms in total. The summed E-state index contributed by atoms with van der Waals surface area (Å²) in [5, 5.41) is 20.7. The molecule has 1 aliphatic heterocycles. The van der Waals surface area contributed by atoms with Gasteiger partial charge in [0.25, 0.3) is 5.56 Å². The van der Waals surface area contributed by atoms with Crippen molar-refractivity contribution in [2.24, 2.45) is 0 Å². The normalized spacial score (nSPS) is 27.5. The molecular formula is C12H19N4O14P3. The van der Waals surface area contributed by atoms with Gasteiger partial charge in [0.1, 0.15) is 24.1 Å². The number of nitrogens with zero attached hydrogens (tertiary/aromatic N) is 3. The lowest BCUT2D eigenvalue weighted by Gasteiger charge is -2.21. The number of aryl methyl sites for hydroxylation is 1. The lowest BCUT2D eigenvalue weighted by atomic mass is 10.1. The first-order chi connectivity index (χ1) is 15.1. The molecular weight excluding hydrogens is 517 g/mol. The molecule has 0 radical (unpaired) electrons. The second kappa shape index (κ2) is 9.36. The Morgan fingerprint density at radius 3 is 2.45 bits per heavy atom. The Morgan fingerprint density at radius 2 is 1.85 bits per heavy atom. The van der Waals surface area contributed by atoms with Crippen LogP contribution in [0, 0.1) is 6.92 Å². The molecule has 0 spiro atoms. The smallest absolute Gasteiger partial charge is 0.387 e. The van der Waals surface area contributed by atoms with Crippen LogP contribution in [0.15, 0.2) is 11.1 Å². The second-order valence-electron chi connectivity index (χ2n) is 6.57. The molecule has 0 aliphatic carbocycles. The third-order valence-corrected chi connectivity index (χ3v) is 8.41. The van der Waals surface area contributed by atoms with Crippen LogP contribution in [0.3, 0.4) is 0 Å². The molecule has 0 amide bonds. The van der Waals surface area contributed by atoms with E-state index in [-0.39, 0.29) is 17.0 Å². The number of aliphatic hydroxyl groups is 2. The topological polar surface area (TPSA) is 262 Å². The van der Waals surface area contributed by atoms with E-state index in [1.54, 1.807) is 0 Å². The highest BCUT2D eigenvalue weighted by Crippen LogP contribution is 2.68. The molecule has 33 heavy (non-hydrogen) atoms. The molecule has 3 heterocycles. The molecule has 6 atom stereocenters. The van der Waals surface area contributed by atoms with Crippen LogP contribution in [-0.4, -0.2) is 76.4 Å². The minimum atomic E-state index is -5.61. The van der Waals surface area contributed by atoms with Crippen LogP contribution in [-0.2, 0) is 36.1 Å². The molecule has 6 N–H and O–H groups in total. The number of imidazole rings is 1. The summed E-state index contributed by atoms with van der Waals surface area (Å²) in [6.45, 7) is 0.656. The molecule has 186 valence electrons. The van der Waals surface area contributed by atoms with Crippen LogP contribution in [0.25, 0.3) is 11.2 Å². The van der Waals surface area contributed by atoms with E-state index in [0.29, 0.717) is 0 Å². The van der Waals surface area contributed by atoms with E-state index in [2.05, 4.69) is 28.1 Å². The molecule has 2 aromatic heterocycles. The number of H-pyrrole nitrogens is 1. The summed E-state index contributed by atoms with van der Waals surface area (Å²) in [5.41, 5.74) is -0.573. The van der Waals surface area contributed by atoms with E-state index in [1.165, 1.54) is 11.5 Å². The Hall–Kier alpha value is -1.36. The summed E-state index contributed by atoms with van der Waals surface area (Å²) < 4.78 is 58.2. The number of rotatable bonds is 9. The fraction of sp³-hybridized carbons (Fsp3) is 0.583. The first kappa shape index (κ1) is 26.2. The van der Waals surface area contributed by atoms with E-state index in [4.69, 9.17) is 19.0 Å². The predicted molar refractivity (Wildman–Crippen MR) is 103 cm³/mol. The van der Waals surface area contributed by atoms with Crippen molar-refractivity contribution in [1.29, 1.82) is 0 Å². The Kier molecular flexibility index (Phi) is 7.44. The number of ether oxygens (including phenoxy) is 1. The number of aromatic amines is 1. The van der Waals surface area contributed by atoms with Gasteiger partial charge in [-0.25, -0.2) is 23.7 Å². The van der Waals surface area contributed by atoms with Crippen LogP contribution in [0.2, 0.25) is 0 Å². The molecule has 0 aromatic carbocycles. The Bertz CT molecular complexity index is 1220. The van der Waals surface area contributed by atoms with Gasteiger partial charge in [0, 0.05) is 7.11 Å². The maximum atomic E-state index is 12.4. The molecule has 1 aliphatic rings. The van der Waals surface area contributed by atoms with Gasteiger partial charge in [-0.1, -0.05) is 0 Å². The van der Waals surface area contributed by atoms with Crippen LogP contribution >= 0.6 is 23.5 Å². The van der Waals surface area contributed by atoms with Crippen molar-refractivity contribution in [3.63, 3.8) is 0 Å². The number of phosphoric acid groups is 3. The lowest BCUT2D eigenvalue weighted by molar-refractivity contribution is -0.0508. The molecule has 0 saturated carbocycles. The Balaban J connectivity index is 1.75. The van der Waals surface area contributed by atoms with Crippen molar-refractivity contribution in [2.45, 2.75) is 31.5 Å². The minimum Gasteiger partial charge on any atom is -0.387 e. The number of fused-ring (bicyclic) bond motifs is 1. The predicted octanol–water partition coefficient (Wildman–Crippen LogP) is -0.955. The van der Waals surface area contributed by atoms with Crippen molar-refractivity contribution in [3.8, 4) is 0 Å². The Labute approximate surface area is 183 Å². The Morgan fingerprint density at radius 1 is 1.18 bits per heavy atom. The van der Waals surface area contributed by atoms with E-state index >= 15 is 0 Å². The van der Waals surface area contributed by atoms with Crippen molar-refractivity contribution >= 4 is 34.6 Å². The fourth-order valence-electron chi connectivity index (χ4n) is 2.87. The second-order valence-corrected chi connectivity index (χ2v) is 11.3. The summed E-state index contributed by atoms with van der Waals surface area (Å²) in [7, 11) is -15.4. The number of hydrogen-bond acceptors (Lipinski definition) is 13. The molecule has 3 unspecified atom stereocenters. The van der Waals surface area contributed by atoms with Crippen molar-refractivity contribution in [2.75, 3.05) is 13.7 Å². The first-order valence-corrected chi connectivity index (χ1v) is 13.2. The minimum absolute atomic E-state index is 0.0377. The van der Waals surface area contributed by atoms with Gasteiger partial charge in [-0.05, 0) is 6.92 Å². The maximum Gasteiger partial charge on any atom is 0.490 e. The molecule has 2 aromatic rings. The van der Waals surface area contributed by atoms with Crippen molar-refractivity contribution < 1.29 is 61.0 Å². The highest BCUT2D eigenvalue weighted by molar-refractivity contribution is 7.66.